The van der Waals surface area contributed by atoms with E-state index in [1.54, 1.807) is 14.2 Å². The minimum atomic E-state index is -0.0548. The molecule has 4 heteroatoms. The molecule has 6 aliphatic rings. The lowest BCUT2D eigenvalue weighted by atomic mass is 9.20. The quantitative estimate of drug-likeness (QED) is 0.583. The number of hydrogen-bond acceptors (Lipinski definition) is 4. The number of rotatable bonds is 2. The van der Waals surface area contributed by atoms with E-state index in [1.165, 1.54) is 17.5 Å². The Balaban J connectivity index is 1.40. The van der Waals surface area contributed by atoms with Gasteiger partial charge in [-0.25, -0.2) is 0 Å². The number of methoxy groups -OCH3 is 2. The van der Waals surface area contributed by atoms with E-state index in [-0.39, 0.29) is 34.2 Å². The molecule has 146 valence electrons. The summed E-state index contributed by atoms with van der Waals surface area (Å²) in [6.45, 7) is 4.89. The number of Topliss-reactive ketones (excluding diaryl/α,β-unsaturated/α-hetero) is 2. The highest BCUT2D eigenvalue weighted by molar-refractivity contribution is 6.41. The summed E-state index contributed by atoms with van der Waals surface area (Å²) in [6, 6.07) is 4.10. The van der Waals surface area contributed by atoms with E-state index in [9.17, 15) is 9.59 Å². The van der Waals surface area contributed by atoms with E-state index in [4.69, 9.17) is 9.47 Å². The number of carbonyl (C=O) groups is 2. The van der Waals surface area contributed by atoms with Gasteiger partial charge in [0.05, 0.1) is 14.2 Å². The average molecular weight is 378 g/mol. The fourth-order valence-electron chi connectivity index (χ4n) is 10.2. The van der Waals surface area contributed by atoms with Crippen LogP contribution in [0.1, 0.15) is 49.7 Å². The van der Waals surface area contributed by atoms with Crippen LogP contribution >= 0.6 is 0 Å². The molecule has 0 amide bonds. The number of hydrogen-bond donors (Lipinski definition) is 0. The molecule has 4 bridgehead atoms. The van der Waals surface area contributed by atoms with Crippen LogP contribution in [-0.2, 0) is 9.59 Å². The van der Waals surface area contributed by atoms with Gasteiger partial charge in [0.2, 0.25) is 11.6 Å². The highest BCUT2D eigenvalue weighted by Crippen LogP contribution is 2.93. The SMILES string of the molecule is COc1ccc(OC)c2c1[C@H]1C[C@@H]2[C@H]2[C@@H]1[C@]1(C)[C@@H]3[C@H]([C@@H]4C[C@H]3C(=O)C4=O)[C@]21C. The Kier molecular flexibility index (Phi) is 2.48. The lowest BCUT2D eigenvalue weighted by molar-refractivity contribution is -0.353. The van der Waals surface area contributed by atoms with Gasteiger partial charge in [-0.05, 0) is 71.3 Å². The Bertz CT molecular complexity index is 920. The fourth-order valence-corrected chi connectivity index (χ4v) is 10.2. The minimum absolute atomic E-state index is 0.00678. The molecule has 6 aliphatic carbocycles. The van der Waals surface area contributed by atoms with Gasteiger partial charge in [-0.3, -0.25) is 9.59 Å². The van der Waals surface area contributed by atoms with Crippen LogP contribution in [0.25, 0.3) is 0 Å². The lowest BCUT2D eigenvalue weighted by Crippen LogP contribution is -2.81. The van der Waals surface area contributed by atoms with Crippen LogP contribution in [-0.4, -0.2) is 25.8 Å². The summed E-state index contributed by atoms with van der Waals surface area (Å²) in [5.41, 5.74) is 3.10. The highest BCUT2D eigenvalue weighted by atomic mass is 16.5. The zero-order chi connectivity index (χ0) is 19.3. The van der Waals surface area contributed by atoms with Gasteiger partial charge in [0.25, 0.3) is 0 Å². The first-order valence-electron chi connectivity index (χ1n) is 10.7. The van der Waals surface area contributed by atoms with E-state index >= 15 is 0 Å². The Labute approximate surface area is 165 Å². The van der Waals surface area contributed by atoms with Crippen molar-refractivity contribution in [3.05, 3.63) is 23.3 Å². The molecule has 28 heavy (non-hydrogen) atoms. The molecule has 0 aromatic heterocycles. The Morgan fingerprint density at radius 1 is 0.714 bits per heavy atom. The third-order valence-corrected chi connectivity index (χ3v) is 10.8. The van der Waals surface area contributed by atoms with Crippen LogP contribution in [0.3, 0.4) is 0 Å². The van der Waals surface area contributed by atoms with Crippen molar-refractivity contribution in [2.75, 3.05) is 14.2 Å². The second-order valence-corrected chi connectivity index (χ2v) is 10.6. The third kappa shape index (κ3) is 1.19. The molecule has 5 saturated carbocycles. The molecule has 5 fully saturated rings. The second kappa shape index (κ2) is 4.34. The van der Waals surface area contributed by atoms with E-state index in [0.29, 0.717) is 35.5 Å². The van der Waals surface area contributed by atoms with Gasteiger partial charge < -0.3 is 9.47 Å². The number of fused-ring (bicyclic) bond motifs is 18. The van der Waals surface area contributed by atoms with Gasteiger partial charge in [0.1, 0.15) is 11.5 Å². The molecule has 0 heterocycles. The summed E-state index contributed by atoms with van der Waals surface area (Å²) in [5.74, 6) is 4.96. The van der Waals surface area contributed by atoms with Gasteiger partial charge in [0, 0.05) is 23.0 Å². The van der Waals surface area contributed by atoms with Crippen LogP contribution in [0.5, 0.6) is 11.5 Å². The smallest absolute Gasteiger partial charge is 0.202 e. The van der Waals surface area contributed by atoms with Crippen LogP contribution in [0, 0.1) is 46.3 Å². The maximum absolute atomic E-state index is 12.5. The van der Waals surface area contributed by atoms with Crippen molar-refractivity contribution in [1.82, 2.24) is 0 Å². The topological polar surface area (TPSA) is 52.6 Å². The summed E-state index contributed by atoms with van der Waals surface area (Å²) in [5, 5.41) is 0. The first-order chi connectivity index (χ1) is 13.4. The fraction of sp³-hybridized carbons (Fsp3) is 0.667. The minimum Gasteiger partial charge on any atom is -0.496 e. The van der Waals surface area contributed by atoms with Gasteiger partial charge >= 0.3 is 0 Å². The number of ether oxygens (including phenoxy) is 2. The first kappa shape index (κ1) is 16.0. The Morgan fingerprint density at radius 3 is 1.46 bits per heavy atom. The third-order valence-electron chi connectivity index (χ3n) is 10.8. The molecule has 1 aromatic carbocycles. The zero-order valence-corrected chi connectivity index (χ0v) is 16.8. The van der Waals surface area contributed by atoms with Crippen LogP contribution in [0.2, 0.25) is 0 Å². The molecule has 0 unspecified atom stereocenters. The van der Waals surface area contributed by atoms with Crippen LogP contribution in [0.4, 0.5) is 0 Å². The van der Waals surface area contributed by atoms with Crippen molar-refractivity contribution in [2.24, 2.45) is 46.3 Å². The van der Waals surface area contributed by atoms with Crippen LogP contribution < -0.4 is 9.47 Å². The monoisotopic (exact) mass is 378 g/mol. The van der Waals surface area contributed by atoms with Crippen molar-refractivity contribution < 1.29 is 19.1 Å². The average Bonchev–Trinajstić information content (AvgIpc) is 3.44. The summed E-state index contributed by atoms with van der Waals surface area (Å²) in [6.07, 6.45) is 2.00. The molecular weight excluding hydrogens is 352 g/mol. The van der Waals surface area contributed by atoms with Gasteiger partial charge in [-0.2, -0.15) is 0 Å². The standard InChI is InChI=1S/C24H26O4/c1-23-17-9-7-10(16-14(28-4)6-5-13(27-3)15(9)16)18(17)24(23,2)20-12-8-11(19(20)23)21(25)22(12)26/h5-6,9-12,17-20H,7-8H2,1-4H3/t9-,10+,11-,12+,17-,18+,19-,20-,23-,24+/m0/s1. The van der Waals surface area contributed by atoms with Crippen LogP contribution in [0.15, 0.2) is 12.1 Å². The van der Waals surface area contributed by atoms with E-state index in [0.717, 1.165) is 17.9 Å². The summed E-state index contributed by atoms with van der Waals surface area (Å²) in [4.78, 5) is 25.1. The van der Waals surface area contributed by atoms with Crippen molar-refractivity contribution in [3.8, 4) is 11.5 Å². The summed E-state index contributed by atoms with van der Waals surface area (Å²) < 4.78 is 11.5. The predicted octanol–water partition coefficient (Wildman–Crippen LogP) is 3.58. The van der Waals surface area contributed by atoms with Crippen molar-refractivity contribution in [2.45, 2.75) is 38.5 Å². The molecule has 0 N–H and O–H groups in total. The maximum Gasteiger partial charge on any atom is 0.202 e. The van der Waals surface area contributed by atoms with E-state index < -0.39 is 0 Å². The predicted molar refractivity (Wildman–Crippen MR) is 101 cm³/mol. The molecule has 0 spiro atoms. The summed E-state index contributed by atoms with van der Waals surface area (Å²) >= 11 is 0. The van der Waals surface area contributed by atoms with Gasteiger partial charge in [0.15, 0.2) is 0 Å². The normalized spacial score (nSPS) is 53.1. The zero-order valence-electron chi connectivity index (χ0n) is 16.8. The van der Waals surface area contributed by atoms with E-state index in [1.807, 2.05) is 0 Å². The van der Waals surface area contributed by atoms with E-state index in [2.05, 4.69) is 26.0 Å². The molecule has 0 radical (unpaired) electrons. The largest absolute Gasteiger partial charge is 0.496 e. The Morgan fingerprint density at radius 2 is 1.07 bits per heavy atom. The van der Waals surface area contributed by atoms with Crippen molar-refractivity contribution in [3.63, 3.8) is 0 Å². The second-order valence-electron chi connectivity index (χ2n) is 10.6. The molecule has 7 rings (SSSR count). The molecule has 10 atom stereocenters. The van der Waals surface area contributed by atoms with Crippen molar-refractivity contribution in [1.29, 1.82) is 0 Å². The summed E-state index contributed by atoms with van der Waals surface area (Å²) in [7, 11) is 3.52. The molecule has 0 aliphatic heterocycles. The molecule has 1 aromatic rings. The molecule has 0 saturated heterocycles. The number of ketones is 2. The van der Waals surface area contributed by atoms with Gasteiger partial charge in [-0.1, -0.05) is 13.8 Å². The Hall–Kier alpha value is -1.84. The molecular formula is C24H26O4. The highest BCUT2D eigenvalue weighted by Gasteiger charge is 2.90. The lowest BCUT2D eigenvalue weighted by Gasteiger charge is -2.83. The first-order valence-corrected chi connectivity index (χ1v) is 10.7. The van der Waals surface area contributed by atoms with Gasteiger partial charge in [-0.15, -0.1) is 0 Å². The number of carbonyl (C=O) groups excluding carboxylic acids is 2. The number of benzene rings is 1. The van der Waals surface area contributed by atoms with Crippen molar-refractivity contribution >= 4 is 11.6 Å². The maximum atomic E-state index is 12.5. The molecule has 4 nitrogen and oxygen atoms in total.